The van der Waals surface area contributed by atoms with Crippen molar-refractivity contribution in [2.45, 2.75) is 12.3 Å². The molecule has 1 aromatic carbocycles. The summed E-state index contributed by atoms with van der Waals surface area (Å²) in [7, 11) is 1.60. The number of aromatic nitrogens is 4. The summed E-state index contributed by atoms with van der Waals surface area (Å²) in [6, 6.07) is 5.16. The Morgan fingerprint density at radius 3 is 2.48 bits per heavy atom. The fourth-order valence-electron chi connectivity index (χ4n) is 2.68. The second-order valence-electron chi connectivity index (χ2n) is 6.63. The second kappa shape index (κ2) is 8.68. The maximum atomic E-state index is 12.8. The van der Waals surface area contributed by atoms with Crippen molar-refractivity contribution in [3.05, 3.63) is 64.2 Å². The molecule has 1 atom stereocenters. The molecule has 0 bridgehead atoms. The van der Waals surface area contributed by atoms with E-state index in [1.54, 1.807) is 7.05 Å². The molecular formula is C19H17F4N5O3. The van der Waals surface area contributed by atoms with Crippen molar-refractivity contribution in [2.75, 3.05) is 13.2 Å². The highest BCUT2D eigenvalue weighted by molar-refractivity contribution is 5.94. The minimum absolute atomic E-state index is 0.0494. The van der Waals surface area contributed by atoms with Crippen LogP contribution in [0.2, 0.25) is 0 Å². The van der Waals surface area contributed by atoms with Crippen LogP contribution in [0, 0.1) is 0 Å². The first-order valence-electron chi connectivity index (χ1n) is 8.93. The highest BCUT2D eigenvalue weighted by Gasteiger charge is 2.30. The van der Waals surface area contributed by atoms with Crippen LogP contribution in [0.15, 0.2) is 47.5 Å². The Morgan fingerprint density at radius 1 is 1.26 bits per heavy atom. The predicted molar refractivity (Wildman–Crippen MR) is 101 cm³/mol. The smallest absolute Gasteiger partial charge is 0.389 e. The van der Waals surface area contributed by atoms with Crippen molar-refractivity contribution in [1.29, 1.82) is 0 Å². The maximum Gasteiger partial charge on any atom is 0.416 e. The predicted octanol–water partition coefficient (Wildman–Crippen LogP) is 1.71. The molecule has 0 spiro atoms. The molecule has 3 aromatic rings. The minimum atomic E-state index is -4.53. The maximum absolute atomic E-state index is 12.8. The van der Waals surface area contributed by atoms with Crippen LogP contribution in [0.4, 0.5) is 17.6 Å². The number of aliphatic hydroxyl groups excluding tert-OH is 1. The molecule has 12 heteroatoms. The third-order valence-electron chi connectivity index (χ3n) is 4.28. The Hall–Kier alpha value is -3.54. The first-order chi connectivity index (χ1) is 14.6. The number of nitrogens with one attached hydrogen (secondary N) is 1. The molecule has 0 saturated heterocycles. The number of aryl methyl sites for hydroxylation is 1. The quantitative estimate of drug-likeness (QED) is 0.570. The van der Waals surface area contributed by atoms with E-state index in [1.807, 2.05) is 0 Å². The van der Waals surface area contributed by atoms with E-state index in [0.29, 0.717) is 0 Å². The van der Waals surface area contributed by atoms with Crippen LogP contribution in [0.25, 0.3) is 16.9 Å². The summed E-state index contributed by atoms with van der Waals surface area (Å²) in [6.45, 7) is -1.52. The Balaban J connectivity index is 2.09. The molecule has 0 radical (unpaired) electrons. The normalized spacial score (nSPS) is 12.6. The van der Waals surface area contributed by atoms with Crippen molar-refractivity contribution < 1.29 is 27.5 Å². The van der Waals surface area contributed by atoms with E-state index in [9.17, 15) is 32.3 Å². The summed E-state index contributed by atoms with van der Waals surface area (Å²) < 4.78 is 53.3. The summed E-state index contributed by atoms with van der Waals surface area (Å²) in [6.07, 6.45) is -3.19. The summed E-state index contributed by atoms with van der Waals surface area (Å²) in [5.41, 5.74) is -1.58. The van der Waals surface area contributed by atoms with E-state index in [4.69, 9.17) is 0 Å². The number of benzene rings is 1. The zero-order chi connectivity index (χ0) is 22.8. The number of carbonyl (C=O) groups excluding carboxylic acids is 1. The molecule has 2 aromatic heterocycles. The molecule has 0 fully saturated rings. The average Bonchev–Trinajstić information content (AvgIpc) is 3.17. The Labute approximate surface area is 172 Å². The van der Waals surface area contributed by atoms with Gasteiger partial charge in [0.05, 0.1) is 29.8 Å². The van der Waals surface area contributed by atoms with Gasteiger partial charge in [0, 0.05) is 19.2 Å². The molecule has 0 unspecified atom stereocenters. The van der Waals surface area contributed by atoms with Gasteiger partial charge in [0.15, 0.2) is 0 Å². The van der Waals surface area contributed by atoms with Gasteiger partial charge in [-0.3, -0.25) is 14.3 Å². The largest absolute Gasteiger partial charge is 0.416 e. The Kier molecular flexibility index (Phi) is 6.20. The molecule has 0 aliphatic rings. The zero-order valence-electron chi connectivity index (χ0n) is 16.1. The molecule has 31 heavy (non-hydrogen) atoms. The van der Waals surface area contributed by atoms with E-state index in [2.05, 4.69) is 15.5 Å². The van der Waals surface area contributed by atoms with E-state index >= 15 is 0 Å². The van der Waals surface area contributed by atoms with Gasteiger partial charge in [-0.05, 0) is 18.2 Å². The molecule has 8 nitrogen and oxygen atoms in total. The van der Waals surface area contributed by atoms with Crippen molar-refractivity contribution in [3.63, 3.8) is 0 Å². The fourth-order valence-corrected chi connectivity index (χ4v) is 2.68. The molecule has 164 valence electrons. The van der Waals surface area contributed by atoms with Gasteiger partial charge in [0.2, 0.25) is 0 Å². The van der Waals surface area contributed by atoms with Crippen LogP contribution in [0.3, 0.4) is 0 Å². The summed E-state index contributed by atoms with van der Waals surface area (Å²) >= 11 is 0. The first kappa shape index (κ1) is 22.2. The van der Waals surface area contributed by atoms with Gasteiger partial charge in [-0.15, -0.1) is 0 Å². The number of aliphatic hydroxyl groups is 1. The molecule has 0 aliphatic heterocycles. The summed E-state index contributed by atoms with van der Waals surface area (Å²) in [5, 5.41) is 19.6. The van der Waals surface area contributed by atoms with Gasteiger partial charge in [0.1, 0.15) is 17.9 Å². The molecule has 1 amide bonds. The highest BCUT2D eigenvalue weighted by Crippen LogP contribution is 2.30. The standard InChI is InChI=1S/C19H17F4N5O3/c1-27-10-13(8-25-27)28-18(31)15(17(30)24-9-14(29)7-20)6-16(26-28)11-2-4-12(5-3-11)19(21,22)23/h2-6,8,10,14,29H,7,9H2,1H3,(H,24,30)/t14-/m1/s1. The van der Waals surface area contributed by atoms with Crippen LogP contribution < -0.4 is 10.9 Å². The van der Waals surface area contributed by atoms with Crippen molar-refractivity contribution in [3.8, 4) is 16.9 Å². The van der Waals surface area contributed by atoms with Gasteiger partial charge in [-0.2, -0.15) is 28.1 Å². The molecule has 0 aliphatic carbocycles. The van der Waals surface area contributed by atoms with Gasteiger partial charge >= 0.3 is 6.18 Å². The third kappa shape index (κ3) is 4.97. The van der Waals surface area contributed by atoms with Crippen molar-refractivity contribution in [1.82, 2.24) is 24.9 Å². The number of alkyl halides is 4. The highest BCUT2D eigenvalue weighted by atomic mass is 19.4. The number of hydrogen-bond acceptors (Lipinski definition) is 5. The van der Waals surface area contributed by atoms with E-state index in [1.165, 1.54) is 17.1 Å². The van der Waals surface area contributed by atoms with Crippen LogP contribution >= 0.6 is 0 Å². The zero-order valence-corrected chi connectivity index (χ0v) is 16.1. The number of rotatable bonds is 6. The van der Waals surface area contributed by atoms with Gasteiger partial charge < -0.3 is 10.4 Å². The number of amides is 1. The topological polar surface area (TPSA) is 102 Å². The van der Waals surface area contributed by atoms with E-state index in [-0.39, 0.29) is 22.5 Å². The number of nitrogens with zero attached hydrogens (tertiary/aromatic N) is 4. The lowest BCUT2D eigenvalue weighted by atomic mass is 10.1. The molecule has 0 saturated carbocycles. The Morgan fingerprint density at radius 2 is 1.94 bits per heavy atom. The number of halogens is 4. The lowest BCUT2D eigenvalue weighted by Gasteiger charge is -2.12. The van der Waals surface area contributed by atoms with Gasteiger partial charge in [-0.25, -0.2) is 4.39 Å². The lowest BCUT2D eigenvalue weighted by molar-refractivity contribution is -0.137. The molecule has 2 N–H and O–H groups in total. The monoisotopic (exact) mass is 439 g/mol. The molecular weight excluding hydrogens is 422 g/mol. The van der Waals surface area contributed by atoms with Gasteiger partial charge in [0.25, 0.3) is 11.5 Å². The summed E-state index contributed by atoms with van der Waals surface area (Å²) in [4.78, 5) is 25.3. The van der Waals surface area contributed by atoms with E-state index in [0.717, 1.165) is 35.0 Å². The Bertz CT molecular complexity index is 1140. The number of hydrogen-bond donors (Lipinski definition) is 2. The summed E-state index contributed by atoms with van der Waals surface area (Å²) in [5.74, 6) is -0.897. The second-order valence-corrected chi connectivity index (χ2v) is 6.63. The SMILES string of the molecule is Cn1cc(-n2nc(-c3ccc(C(F)(F)F)cc3)cc(C(=O)NC[C@H](O)CF)c2=O)cn1. The van der Waals surface area contributed by atoms with E-state index < -0.39 is 42.5 Å². The number of carbonyl (C=O) groups is 1. The van der Waals surface area contributed by atoms with Crippen LogP contribution in [-0.2, 0) is 13.2 Å². The fraction of sp³-hybridized carbons (Fsp3) is 0.263. The van der Waals surface area contributed by atoms with Crippen LogP contribution in [0.1, 0.15) is 15.9 Å². The van der Waals surface area contributed by atoms with Gasteiger partial charge in [-0.1, -0.05) is 12.1 Å². The van der Waals surface area contributed by atoms with Crippen molar-refractivity contribution in [2.24, 2.45) is 7.05 Å². The lowest BCUT2D eigenvalue weighted by Crippen LogP contribution is -2.37. The average molecular weight is 439 g/mol. The van der Waals surface area contributed by atoms with Crippen molar-refractivity contribution >= 4 is 5.91 Å². The minimum Gasteiger partial charge on any atom is -0.389 e. The van der Waals surface area contributed by atoms with Crippen LogP contribution in [-0.4, -0.2) is 49.9 Å². The first-order valence-corrected chi connectivity index (χ1v) is 8.93. The third-order valence-corrected chi connectivity index (χ3v) is 4.28. The van der Waals surface area contributed by atoms with Crippen LogP contribution in [0.5, 0.6) is 0 Å². The molecule has 2 heterocycles. The molecule has 3 rings (SSSR count).